The summed E-state index contributed by atoms with van der Waals surface area (Å²) < 4.78 is 38.6. The van der Waals surface area contributed by atoms with E-state index in [1.54, 1.807) is 23.4 Å². The molecular formula is C21H15F3N4OS. The van der Waals surface area contributed by atoms with Crippen LogP contribution in [0.1, 0.15) is 16.5 Å². The molecule has 30 heavy (non-hydrogen) atoms. The Kier molecular flexibility index (Phi) is 4.28. The van der Waals surface area contributed by atoms with Crippen LogP contribution >= 0.6 is 11.3 Å². The number of rotatable bonds is 3. The van der Waals surface area contributed by atoms with Crippen molar-refractivity contribution in [2.45, 2.75) is 12.2 Å². The number of fused-ring (bicyclic) bond motifs is 1. The molecule has 5 nitrogen and oxygen atoms in total. The minimum Gasteiger partial charge on any atom is -0.345 e. The van der Waals surface area contributed by atoms with Crippen molar-refractivity contribution in [3.05, 3.63) is 71.4 Å². The van der Waals surface area contributed by atoms with Gasteiger partial charge in [0, 0.05) is 17.1 Å². The Morgan fingerprint density at radius 3 is 2.60 bits per heavy atom. The molecule has 1 aliphatic rings. The van der Waals surface area contributed by atoms with Gasteiger partial charge < -0.3 is 10.3 Å². The van der Waals surface area contributed by atoms with Crippen LogP contribution in [0.4, 0.5) is 23.7 Å². The average molecular weight is 428 g/mol. The Morgan fingerprint density at radius 1 is 1.07 bits per heavy atom. The molecule has 2 N–H and O–H groups in total. The summed E-state index contributed by atoms with van der Waals surface area (Å²) in [7, 11) is 0. The Hall–Kier alpha value is -3.33. The van der Waals surface area contributed by atoms with E-state index in [2.05, 4.69) is 15.3 Å². The molecule has 5 rings (SSSR count). The zero-order chi connectivity index (χ0) is 20.9. The molecule has 1 aliphatic heterocycles. The predicted molar refractivity (Wildman–Crippen MR) is 109 cm³/mol. The van der Waals surface area contributed by atoms with Gasteiger partial charge in [-0.2, -0.15) is 13.2 Å². The number of nitrogens with one attached hydrogen (secondary N) is 2. The molecule has 1 fully saturated rings. The minimum atomic E-state index is -4.34. The van der Waals surface area contributed by atoms with Crippen molar-refractivity contribution >= 4 is 34.1 Å². The molecule has 1 saturated heterocycles. The maximum Gasteiger partial charge on any atom is 0.425 e. The van der Waals surface area contributed by atoms with Crippen LogP contribution < -0.4 is 10.2 Å². The topological polar surface area (TPSA) is 61.0 Å². The Balaban J connectivity index is 1.44. The van der Waals surface area contributed by atoms with Gasteiger partial charge in [-0.1, -0.05) is 24.3 Å². The molecule has 4 aromatic rings. The lowest BCUT2D eigenvalue weighted by atomic mass is 10.0. The maximum absolute atomic E-state index is 12.9. The van der Waals surface area contributed by atoms with Crippen LogP contribution in [0.5, 0.6) is 0 Å². The number of imidazole rings is 1. The van der Waals surface area contributed by atoms with Gasteiger partial charge in [-0.15, -0.1) is 11.3 Å². The normalized spacial score (nSPS) is 17.0. The van der Waals surface area contributed by atoms with E-state index >= 15 is 0 Å². The van der Waals surface area contributed by atoms with Crippen LogP contribution in [-0.2, 0) is 6.18 Å². The fraction of sp³-hybridized carbons (Fsp3) is 0.143. The van der Waals surface area contributed by atoms with Gasteiger partial charge >= 0.3 is 12.2 Å². The van der Waals surface area contributed by atoms with Crippen molar-refractivity contribution in [1.29, 1.82) is 0 Å². The van der Waals surface area contributed by atoms with Crippen LogP contribution in [0.2, 0.25) is 0 Å². The van der Waals surface area contributed by atoms with Crippen LogP contribution in [0.3, 0.4) is 0 Å². The molecule has 1 unspecified atom stereocenters. The molecule has 0 spiro atoms. The average Bonchev–Trinajstić information content (AvgIpc) is 3.46. The molecule has 0 bridgehead atoms. The highest BCUT2D eigenvalue weighted by molar-refractivity contribution is 7.15. The van der Waals surface area contributed by atoms with Crippen molar-refractivity contribution in [3.8, 4) is 10.4 Å². The SMILES string of the molecule is O=C1NCC(c2ccc(-c3ccc(C(F)(F)F)s3)cc2)N1c1ccc2nc[nH]c2c1. The van der Waals surface area contributed by atoms with E-state index in [1.165, 1.54) is 6.07 Å². The highest BCUT2D eigenvalue weighted by Crippen LogP contribution is 2.39. The van der Waals surface area contributed by atoms with Gasteiger partial charge in [0.1, 0.15) is 4.88 Å². The summed E-state index contributed by atoms with van der Waals surface area (Å²) in [6, 6.07) is 15.0. The number of aromatic amines is 1. The number of hydrogen-bond acceptors (Lipinski definition) is 3. The monoisotopic (exact) mass is 428 g/mol. The quantitative estimate of drug-likeness (QED) is 0.447. The maximum atomic E-state index is 12.9. The lowest BCUT2D eigenvalue weighted by Crippen LogP contribution is -2.29. The first-order chi connectivity index (χ1) is 14.4. The zero-order valence-corrected chi connectivity index (χ0v) is 16.2. The molecule has 0 radical (unpaired) electrons. The lowest BCUT2D eigenvalue weighted by Gasteiger charge is -2.23. The van der Waals surface area contributed by atoms with E-state index in [4.69, 9.17) is 0 Å². The number of anilines is 1. The number of aromatic nitrogens is 2. The molecule has 2 amide bonds. The van der Waals surface area contributed by atoms with Gasteiger partial charge in [0.15, 0.2) is 0 Å². The summed E-state index contributed by atoms with van der Waals surface area (Å²) in [5, 5.41) is 2.86. The molecule has 9 heteroatoms. The number of amides is 2. The second-order valence-corrected chi connectivity index (χ2v) is 8.04. The first-order valence-electron chi connectivity index (χ1n) is 9.18. The van der Waals surface area contributed by atoms with Gasteiger partial charge in [-0.3, -0.25) is 4.90 Å². The molecule has 0 aliphatic carbocycles. The summed E-state index contributed by atoms with van der Waals surface area (Å²) in [5.74, 6) is 0. The van der Waals surface area contributed by atoms with Crippen molar-refractivity contribution in [2.24, 2.45) is 0 Å². The van der Waals surface area contributed by atoms with Crippen LogP contribution in [-0.4, -0.2) is 22.5 Å². The predicted octanol–water partition coefficient (Wildman–Crippen LogP) is 5.58. The van der Waals surface area contributed by atoms with Crippen molar-refractivity contribution in [1.82, 2.24) is 15.3 Å². The molecule has 152 valence electrons. The third kappa shape index (κ3) is 3.21. The highest BCUT2D eigenvalue weighted by Gasteiger charge is 2.34. The first-order valence-corrected chi connectivity index (χ1v) is 9.99. The van der Waals surface area contributed by atoms with Crippen LogP contribution in [0.25, 0.3) is 21.5 Å². The largest absolute Gasteiger partial charge is 0.425 e. The summed E-state index contributed by atoms with van der Waals surface area (Å²) >= 11 is 0.720. The van der Waals surface area contributed by atoms with Crippen LogP contribution in [0, 0.1) is 0 Å². The third-order valence-electron chi connectivity index (χ3n) is 5.12. The molecule has 2 aromatic heterocycles. The van der Waals surface area contributed by atoms with Crippen molar-refractivity contribution < 1.29 is 18.0 Å². The lowest BCUT2D eigenvalue weighted by molar-refractivity contribution is -0.134. The number of thiophene rings is 1. The number of urea groups is 1. The molecule has 2 aromatic carbocycles. The summed E-state index contributed by atoms with van der Waals surface area (Å²) in [4.78, 5) is 21.4. The van der Waals surface area contributed by atoms with E-state index in [9.17, 15) is 18.0 Å². The van der Waals surface area contributed by atoms with Crippen LogP contribution in [0.15, 0.2) is 60.9 Å². The van der Waals surface area contributed by atoms with Gasteiger partial charge in [-0.25, -0.2) is 9.78 Å². The fourth-order valence-electron chi connectivity index (χ4n) is 3.65. The Labute approximate surface area is 173 Å². The number of alkyl halides is 3. The number of H-pyrrole nitrogens is 1. The third-order valence-corrected chi connectivity index (χ3v) is 6.30. The Morgan fingerprint density at radius 2 is 1.87 bits per heavy atom. The van der Waals surface area contributed by atoms with E-state index in [0.29, 0.717) is 17.0 Å². The van der Waals surface area contributed by atoms with Crippen molar-refractivity contribution in [2.75, 3.05) is 11.4 Å². The number of carbonyl (C=O) groups is 1. The summed E-state index contributed by atoms with van der Waals surface area (Å²) in [6.07, 6.45) is -2.74. The smallest absolute Gasteiger partial charge is 0.345 e. The second kappa shape index (κ2) is 6.88. The van der Waals surface area contributed by atoms with E-state index in [0.717, 1.165) is 39.7 Å². The van der Waals surface area contributed by atoms with Crippen molar-refractivity contribution in [3.63, 3.8) is 0 Å². The number of nitrogens with zero attached hydrogens (tertiary/aromatic N) is 2. The molecular weight excluding hydrogens is 413 g/mol. The number of benzene rings is 2. The summed E-state index contributed by atoms with van der Waals surface area (Å²) in [5.41, 5.74) is 3.99. The number of halogens is 3. The fourth-order valence-corrected chi connectivity index (χ4v) is 4.53. The molecule has 1 atom stereocenters. The number of carbonyl (C=O) groups excluding carboxylic acids is 1. The van der Waals surface area contributed by atoms with E-state index in [-0.39, 0.29) is 12.1 Å². The van der Waals surface area contributed by atoms with E-state index < -0.39 is 11.1 Å². The second-order valence-electron chi connectivity index (χ2n) is 6.96. The molecule has 3 heterocycles. The van der Waals surface area contributed by atoms with Gasteiger partial charge in [0.05, 0.1) is 23.4 Å². The summed E-state index contributed by atoms with van der Waals surface area (Å²) in [6.45, 7) is 0.441. The van der Waals surface area contributed by atoms with Gasteiger partial charge in [0.25, 0.3) is 0 Å². The first kappa shape index (κ1) is 18.7. The van der Waals surface area contributed by atoms with Gasteiger partial charge in [0.2, 0.25) is 0 Å². The standard InChI is InChI=1S/C21H15F3N4OS/c22-21(23,24)19-8-7-18(30-19)13-3-1-12(2-4-13)17-10-25-20(29)28(17)14-5-6-15-16(9-14)27-11-26-15/h1-9,11,17H,10H2,(H,25,29)(H,26,27). The minimum absolute atomic E-state index is 0.198. The van der Waals surface area contributed by atoms with Gasteiger partial charge in [-0.05, 0) is 41.5 Å². The zero-order valence-electron chi connectivity index (χ0n) is 15.4. The van der Waals surface area contributed by atoms with E-state index in [1.807, 2.05) is 30.3 Å². The number of hydrogen-bond donors (Lipinski definition) is 2. The Bertz CT molecular complexity index is 1230. The molecule has 0 saturated carbocycles. The highest BCUT2D eigenvalue weighted by atomic mass is 32.1.